The molecular formula is C19H28FN3O7. The summed E-state index contributed by atoms with van der Waals surface area (Å²) in [5.74, 6) is -0.497. The third-order valence-corrected chi connectivity index (χ3v) is 4.25. The summed E-state index contributed by atoms with van der Waals surface area (Å²) in [5.41, 5.74) is -2.30. The number of amides is 2. The van der Waals surface area contributed by atoms with Crippen molar-refractivity contribution in [3.05, 3.63) is 17.5 Å². The molecule has 168 valence electrons. The van der Waals surface area contributed by atoms with E-state index in [9.17, 15) is 18.8 Å². The predicted octanol–water partition coefficient (Wildman–Crippen LogP) is 2.82. The van der Waals surface area contributed by atoms with Crippen LogP contribution in [0.5, 0.6) is 0 Å². The Morgan fingerprint density at radius 1 is 1.27 bits per heavy atom. The third kappa shape index (κ3) is 7.20. The number of aromatic nitrogens is 1. The second kappa shape index (κ2) is 9.77. The van der Waals surface area contributed by atoms with E-state index in [1.54, 1.807) is 27.7 Å². The van der Waals surface area contributed by atoms with E-state index in [1.165, 1.54) is 11.0 Å². The molecule has 1 N–H and O–H groups in total. The molecule has 1 aromatic heterocycles. The molecule has 2 amide bonds. The van der Waals surface area contributed by atoms with E-state index < -0.39 is 29.4 Å². The number of hydrogen-bond donors (Lipinski definition) is 1. The van der Waals surface area contributed by atoms with Gasteiger partial charge in [0.05, 0.1) is 13.2 Å². The van der Waals surface area contributed by atoms with Crippen molar-refractivity contribution in [1.82, 2.24) is 15.4 Å². The summed E-state index contributed by atoms with van der Waals surface area (Å²) in [4.78, 5) is 36.8. The van der Waals surface area contributed by atoms with Gasteiger partial charge < -0.3 is 29.0 Å². The van der Waals surface area contributed by atoms with Crippen LogP contribution in [0.25, 0.3) is 0 Å². The van der Waals surface area contributed by atoms with Crippen molar-refractivity contribution >= 4 is 18.2 Å². The van der Waals surface area contributed by atoms with E-state index in [0.29, 0.717) is 0 Å². The largest absolute Gasteiger partial charge is 0.461 e. The van der Waals surface area contributed by atoms with E-state index in [0.717, 1.165) is 0 Å². The van der Waals surface area contributed by atoms with Crippen LogP contribution in [0.15, 0.2) is 10.6 Å². The number of likely N-dealkylation sites (tertiary alicyclic amines) is 1. The number of hydrogen-bond acceptors (Lipinski definition) is 8. The number of esters is 1. The Morgan fingerprint density at radius 2 is 1.93 bits per heavy atom. The maximum Gasteiger partial charge on any atom is 0.410 e. The first kappa shape index (κ1) is 23.4. The zero-order chi connectivity index (χ0) is 22.4. The lowest BCUT2D eigenvalue weighted by Gasteiger charge is -2.36. The molecule has 0 bridgehead atoms. The Bertz CT molecular complexity index is 752. The monoisotopic (exact) mass is 429 g/mol. The SMILES string of the molecule is CCOC(=O)c1cc(COC(=O)NCC2(F)CCN(C(=O)OC(C)(C)C)CC2)on1. The maximum atomic E-state index is 14.9. The fraction of sp³-hybridized carbons (Fsp3) is 0.684. The smallest absolute Gasteiger partial charge is 0.410 e. The topological polar surface area (TPSA) is 120 Å². The van der Waals surface area contributed by atoms with Crippen LogP contribution in [0, 0.1) is 0 Å². The van der Waals surface area contributed by atoms with Crippen molar-refractivity contribution in [1.29, 1.82) is 0 Å². The van der Waals surface area contributed by atoms with Gasteiger partial charge in [-0.1, -0.05) is 5.16 Å². The number of nitrogens with one attached hydrogen (secondary N) is 1. The van der Waals surface area contributed by atoms with Crippen LogP contribution in [0.3, 0.4) is 0 Å². The zero-order valence-corrected chi connectivity index (χ0v) is 17.7. The molecule has 0 unspecified atom stereocenters. The minimum absolute atomic E-state index is 0.0321. The summed E-state index contributed by atoms with van der Waals surface area (Å²) in [7, 11) is 0. The Balaban J connectivity index is 1.72. The number of nitrogens with zero attached hydrogens (tertiary/aromatic N) is 2. The van der Waals surface area contributed by atoms with E-state index in [1.807, 2.05) is 0 Å². The molecule has 10 nitrogen and oxygen atoms in total. The molecule has 0 atom stereocenters. The number of piperidine rings is 1. The van der Waals surface area contributed by atoms with Gasteiger partial charge in [-0.3, -0.25) is 0 Å². The number of ether oxygens (including phenoxy) is 3. The maximum absolute atomic E-state index is 14.9. The lowest BCUT2D eigenvalue weighted by atomic mass is 9.93. The molecule has 0 aliphatic carbocycles. The van der Waals surface area contributed by atoms with Gasteiger partial charge in [0.25, 0.3) is 0 Å². The van der Waals surface area contributed by atoms with Crippen LogP contribution in [-0.2, 0) is 20.8 Å². The van der Waals surface area contributed by atoms with Gasteiger partial charge in [0.2, 0.25) is 0 Å². The number of carbonyl (C=O) groups excluding carboxylic acids is 3. The van der Waals surface area contributed by atoms with Crippen LogP contribution in [0.2, 0.25) is 0 Å². The van der Waals surface area contributed by atoms with E-state index >= 15 is 0 Å². The molecule has 2 heterocycles. The molecule has 1 fully saturated rings. The molecule has 2 rings (SSSR count). The van der Waals surface area contributed by atoms with Gasteiger partial charge in [-0.15, -0.1) is 0 Å². The third-order valence-electron chi connectivity index (χ3n) is 4.25. The highest BCUT2D eigenvalue weighted by atomic mass is 19.1. The number of halogens is 1. The summed E-state index contributed by atoms with van der Waals surface area (Å²) in [5, 5.41) is 5.89. The summed E-state index contributed by atoms with van der Waals surface area (Å²) < 4.78 is 34.8. The molecular weight excluding hydrogens is 401 g/mol. The molecule has 0 saturated carbocycles. The van der Waals surface area contributed by atoms with Gasteiger partial charge in [0.1, 0.15) is 11.3 Å². The molecule has 0 spiro atoms. The fourth-order valence-corrected chi connectivity index (χ4v) is 2.69. The number of carbonyl (C=O) groups is 3. The Kier molecular flexibility index (Phi) is 7.63. The highest BCUT2D eigenvalue weighted by Gasteiger charge is 2.37. The minimum atomic E-state index is -1.65. The summed E-state index contributed by atoms with van der Waals surface area (Å²) >= 11 is 0. The average molecular weight is 429 g/mol. The number of alkyl halides is 1. The molecule has 1 aliphatic rings. The molecule has 0 radical (unpaired) electrons. The Labute approximate surface area is 174 Å². The first-order valence-electron chi connectivity index (χ1n) is 9.71. The quantitative estimate of drug-likeness (QED) is 0.541. The van der Waals surface area contributed by atoms with Gasteiger partial charge in [0.15, 0.2) is 18.1 Å². The van der Waals surface area contributed by atoms with Gasteiger partial charge in [0, 0.05) is 32.0 Å². The van der Waals surface area contributed by atoms with Gasteiger partial charge >= 0.3 is 18.2 Å². The van der Waals surface area contributed by atoms with Crippen LogP contribution in [0.4, 0.5) is 14.0 Å². The van der Waals surface area contributed by atoms with Crippen LogP contribution in [-0.4, -0.2) is 65.7 Å². The zero-order valence-electron chi connectivity index (χ0n) is 17.7. The fourth-order valence-electron chi connectivity index (χ4n) is 2.69. The first-order chi connectivity index (χ1) is 14.0. The van der Waals surface area contributed by atoms with Crippen LogP contribution in [0.1, 0.15) is 56.8 Å². The average Bonchev–Trinajstić information content (AvgIpc) is 3.13. The molecule has 1 saturated heterocycles. The Hall–Kier alpha value is -2.85. The molecule has 1 aromatic rings. The molecule has 11 heteroatoms. The minimum Gasteiger partial charge on any atom is -0.461 e. The number of rotatable bonds is 6. The predicted molar refractivity (Wildman–Crippen MR) is 102 cm³/mol. The Morgan fingerprint density at radius 3 is 2.53 bits per heavy atom. The van der Waals surface area contributed by atoms with Crippen molar-refractivity contribution in [3.63, 3.8) is 0 Å². The van der Waals surface area contributed by atoms with E-state index in [2.05, 4.69) is 10.5 Å². The molecule has 30 heavy (non-hydrogen) atoms. The lowest BCUT2D eigenvalue weighted by molar-refractivity contribution is 0.00309. The number of alkyl carbamates (subject to hydrolysis) is 1. The summed E-state index contributed by atoms with van der Waals surface area (Å²) in [6, 6.07) is 1.30. The summed E-state index contributed by atoms with van der Waals surface area (Å²) in [6.45, 7) is 7.00. The summed E-state index contributed by atoms with van der Waals surface area (Å²) in [6.07, 6.45) is -1.18. The molecule has 1 aliphatic heterocycles. The van der Waals surface area contributed by atoms with E-state index in [4.69, 9.17) is 18.7 Å². The highest BCUT2D eigenvalue weighted by Crippen LogP contribution is 2.27. The second-order valence-electron chi connectivity index (χ2n) is 7.95. The van der Waals surface area contributed by atoms with Gasteiger partial charge in [-0.2, -0.15) is 0 Å². The van der Waals surface area contributed by atoms with Crippen LogP contribution >= 0.6 is 0 Å². The van der Waals surface area contributed by atoms with Gasteiger partial charge in [-0.25, -0.2) is 18.8 Å². The normalized spacial score (nSPS) is 16.0. The first-order valence-corrected chi connectivity index (χ1v) is 9.71. The molecule has 0 aromatic carbocycles. The van der Waals surface area contributed by atoms with Crippen LogP contribution < -0.4 is 5.32 Å². The van der Waals surface area contributed by atoms with Crippen molar-refractivity contribution in [3.8, 4) is 0 Å². The highest BCUT2D eigenvalue weighted by molar-refractivity contribution is 5.87. The van der Waals surface area contributed by atoms with Crippen molar-refractivity contribution < 1.29 is 37.5 Å². The van der Waals surface area contributed by atoms with Crippen molar-refractivity contribution in [2.24, 2.45) is 0 Å². The van der Waals surface area contributed by atoms with E-state index in [-0.39, 0.29) is 57.1 Å². The lowest BCUT2D eigenvalue weighted by Crippen LogP contribution is -2.50. The second-order valence-corrected chi connectivity index (χ2v) is 7.95. The standard InChI is InChI=1S/C19H28FN3O7/c1-5-27-15(24)14-10-13(30-22-14)11-28-16(25)21-12-19(20)6-8-23(9-7-19)17(26)29-18(2,3)4/h10H,5-9,11-12H2,1-4H3,(H,21,25). The van der Waals surface area contributed by atoms with Gasteiger partial charge in [-0.05, 0) is 27.7 Å². The van der Waals surface area contributed by atoms with Crippen molar-refractivity contribution in [2.75, 3.05) is 26.2 Å². The van der Waals surface area contributed by atoms with Crippen molar-refractivity contribution in [2.45, 2.75) is 58.4 Å².